The molecule has 0 amide bonds. The predicted molar refractivity (Wildman–Crippen MR) is 102 cm³/mol. The van der Waals surface area contributed by atoms with Crippen molar-refractivity contribution in [2.24, 2.45) is 11.4 Å². The van der Waals surface area contributed by atoms with Crippen LogP contribution in [0, 0.1) is 0 Å². The highest BCUT2D eigenvalue weighted by Gasteiger charge is 2.15. The number of benzene rings is 1. The van der Waals surface area contributed by atoms with Crippen molar-refractivity contribution in [2.75, 3.05) is 17.2 Å². The smallest absolute Gasteiger partial charge is 0.145 e. The molecule has 1 aromatic carbocycles. The summed E-state index contributed by atoms with van der Waals surface area (Å²) in [7, 11) is -0.137. The van der Waals surface area contributed by atoms with Gasteiger partial charge in [0.05, 0.1) is 20.8 Å². The summed E-state index contributed by atoms with van der Waals surface area (Å²) in [6.45, 7) is 0. The molecular formula is C18H21N5OS. The minimum atomic E-state index is -2.08. The Morgan fingerprint density at radius 1 is 1.12 bits per heavy atom. The lowest BCUT2D eigenvalue weighted by Crippen LogP contribution is -2.15. The highest BCUT2D eigenvalue weighted by Crippen LogP contribution is 2.33. The van der Waals surface area contributed by atoms with E-state index < -0.39 is 9.73 Å². The Morgan fingerprint density at radius 3 is 2.56 bits per heavy atom. The Kier molecular flexibility index (Phi) is 3.95. The van der Waals surface area contributed by atoms with Crippen molar-refractivity contribution in [3.05, 3.63) is 36.8 Å². The van der Waals surface area contributed by atoms with Crippen LogP contribution in [0.3, 0.4) is 0 Å². The van der Waals surface area contributed by atoms with Crippen molar-refractivity contribution < 1.29 is 4.21 Å². The van der Waals surface area contributed by atoms with E-state index >= 15 is 0 Å². The first-order valence-electron chi connectivity index (χ1n) is 8.44. The number of fused-ring (bicyclic) bond motifs is 1. The van der Waals surface area contributed by atoms with E-state index in [1.165, 1.54) is 6.33 Å². The Balaban J connectivity index is 1.74. The molecule has 25 heavy (non-hydrogen) atoms. The number of rotatable bonds is 2. The number of aromatic nitrogens is 3. The summed E-state index contributed by atoms with van der Waals surface area (Å²) in [5, 5.41) is 0.855. The molecule has 1 fully saturated rings. The summed E-state index contributed by atoms with van der Waals surface area (Å²) in [6.07, 6.45) is 6.66. The van der Waals surface area contributed by atoms with Crippen molar-refractivity contribution >= 4 is 32.3 Å². The standard InChI is InChI=1S/C18H21N5OS/c1-23-11-15(16-17(19)20-12-21-18(16)23)13-5-7-14(8-6-13)22-25(24)9-3-2-4-10-25/h5-8,11-12H,2-4,9-10H2,1H3,(H2,19,20,21). The fourth-order valence-electron chi connectivity index (χ4n) is 3.37. The van der Waals surface area contributed by atoms with Gasteiger partial charge in [-0.3, -0.25) is 0 Å². The van der Waals surface area contributed by atoms with E-state index in [0.717, 1.165) is 47.1 Å². The molecule has 3 heterocycles. The van der Waals surface area contributed by atoms with Gasteiger partial charge in [-0.1, -0.05) is 18.6 Å². The maximum Gasteiger partial charge on any atom is 0.145 e. The largest absolute Gasteiger partial charge is 0.383 e. The Bertz CT molecular complexity index is 1030. The first kappa shape index (κ1) is 16.1. The van der Waals surface area contributed by atoms with Crippen LogP contribution >= 0.6 is 0 Å². The topological polar surface area (TPSA) is 86.2 Å². The summed E-state index contributed by atoms with van der Waals surface area (Å²) >= 11 is 0. The molecule has 1 aliphatic rings. The zero-order valence-electron chi connectivity index (χ0n) is 14.2. The molecule has 1 aliphatic heterocycles. The van der Waals surface area contributed by atoms with Crippen LogP contribution < -0.4 is 5.73 Å². The van der Waals surface area contributed by atoms with Gasteiger partial charge in [0.25, 0.3) is 0 Å². The average Bonchev–Trinajstić information content (AvgIpc) is 2.94. The summed E-state index contributed by atoms with van der Waals surface area (Å²) < 4.78 is 19.2. The third-order valence-corrected chi connectivity index (χ3v) is 7.06. The number of nitrogens with two attached hydrogens (primary N) is 1. The monoisotopic (exact) mass is 355 g/mol. The van der Waals surface area contributed by atoms with E-state index in [1.807, 2.05) is 42.1 Å². The quantitative estimate of drug-likeness (QED) is 0.762. The number of hydrogen-bond acceptors (Lipinski definition) is 5. The molecule has 130 valence electrons. The fourth-order valence-corrected chi connectivity index (χ4v) is 5.58. The van der Waals surface area contributed by atoms with Crippen LogP contribution in [0.4, 0.5) is 11.5 Å². The molecule has 0 saturated carbocycles. The van der Waals surface area contributed by atoms with Gasteiger partial charge in [-0.15, -0.1) is 0 Å². The van der Waals surface area contributed by atoms with Crippen LogP contribution in [0.15, 0.2) is 41.2 Å². The average molecular weight is 355 g/mol. The molecule has 2 aromatic heterocycles. The van der Waals surface area contributed by atoms with Crippen molar-refractivity contribution in [1.29, 1.82) is 0 Å². The number of nitrogens with zero attached hydrogens (tertiary/aromatic N) is 4. The van der Waals surface area contributed by atoms with E-state index in [0.29, 0.717) is 17.3 Å². The van der Waals surface area contributed by atoms with Gasteiger partial charge < -0.3 is 10.3 Å². The van der Waals surface area contributed by atoms with E-state index in [2.05, 4.69) is 14.3 Å². The summed E-state index contributed by atoms with van der Waals surface area (Å²) in [4.78, 5) is 8.41. The molecule has 6 nitrogen and oxygen atoms in total. The van der Waals surface area contributed by atoms with Gasteiger partial charge in [0.15, 0.2) is 0 Å². The molecule has 0 atom stereocenters. The molecule has 2 N–H and O–H groups in total. The van der Waals surface area contributed by atoms with E-state index in [1.54, 1.807) is 0 Å². The third-order valence-electron chi connectivity index (χ3n) is 4.66. The number of hydrogen-bond donors (Lipinski definition) is 1. The summed E-state index contributed by atoms with van der Waals surface area (Å²) in [6, 6.07) is 7.84. The predicted octanol–water partition coefficient (Wildman–Crippen LogP) is 3.50. The minimum Gasteiger partial charge on any atom is -0.383 e. The van der Waals surface area contributed by atoms with Crippen molar-refractivity contribution in [1.82, 2.24) is 14.5 Å². The minimum absolute atomic E-state index is 0.472. The molecule has 0 bridgehead atoms. The van der Waals surface area contributed by atoms with E-state index in [9.17, 15) is 4.21 Å². The SMILES string of the molecule is Cn1cc(-c2ccc(N=S3(=O)CCCCC3)cc2)c2c(N)ncnc21. The molecule has 0 aliphatic carbocycles. The first-order valence-corrected chi connectivity index (χ1v) is 10.3. The molecular weight excluding hydrogens is 334 g/mol. The number of nitrogen functional groups attached to an aromatic ring is 1. The second-order valence-corrected chi connectivity index (χ2v) is 9.04. The van der Waals surface area contributed by atoms with Crippen LogP contribution in [-0.2, 0) is 16.8 Å². The van der Waals surface area contributed by atoms with Crippen LogP contribution in [-0.4, -0.2) is 30.2 Å². The van der Waals surface area contributed by atoms with Crippen molar-refractivity contribution in [2.45, 2.75) is 19.3 Å². The number of aryl methyl sites for hydroxylation is 1. The zero-order chi connectivity index (χ0) is 17.4. The van der Waals surface area contributed by atoms with E-state index in [4.69, 9.17) is 5.73 Å². The van der Waals surface area contributed by atoms with Crippen LogP contribution in [0.25, 0.3) is 22.2 Å². The molecule has 0 unspecified atom stereocenters. The number of anilines is 1. The van der Waals surface area contributed by atoms with E-state index in [-0.39, 0.29) is 0 Å². The first-order chi connectivity index (χ1) is 12.1. The highest BCUT2D eigenvalue weighted by atomic mass is 32.2. The Morgan fingerprint density at radius 2 is 1.84 bits per heavy atom. The lowest BCUT2D eigenvalue weighted by molar-refractivity contribution is 0.650. The molecule has 1 saturated heterocycles. The summed E-state index contributed by atoms with van der Waals surface area (Å²) in [5.74, 6) is 1.90. The molecule has 7 heteroatoms. The maximum absolute atomic E-state index is 12.7. The second-order valence-electron chi connectivity index (χ2n) is 6.49. The second kappa shape index (κ2) is 6.15. The molecule has 3 aromatic rings. The fraction of sp³-hybridized carbons (Fsp3) is 0.333. The van der Waals surface area contributed by atoms with Gasteiger partial charge in [-0.05, 0) is 30.5 Å². The van der Waals surface area contributed by atoms with Gasteiger partial charge in [-0.2, -0.15) is 4.36 Å². The van der Waals surface area contributed by atoms with Crippen molar-refractivity contribution in [3.8, 4) is 11.1 Å². The van der Waals surface area contributed by atoms with Gasteiger partial charge >= 0.3 is 0 Å². The molecule has 4 rings (SSSR count). The Labute approximate surface area is 147 Å². The maximum atomic E-state index is 12.7. The zero-order valence-corrected chi connectivity index (χ0v) is 15.0. The van der Waals surface area contributed by atoms with Gasteiger partial charge in [0.1, 0.15) is 17.8 Å². The molecule has 0 spiro atoms. The Hall–Kier alpha value is -2.41. The highest BCUT2D eigenvalue weighted by molar-refractivity contribution is 7.93. The van der Waals surface area contributed by atoms with Crippen LogP contribution in [0.1, 0.15) is 19.3 Å². The van der Waals surface area contributed by atoms with Crippen LogP contribution in [0.5, 0.6) is 0 Å². The lowest BCUT2D eigenvalue weighted by atomic mass is 10.1. The van der Waals surface area contributed by atoms with Crippen molar-refractivity contribution in [3.63, 3.8) is 0 Å². The molecule has 0 radical (unpaired) electrons. The van der Waals surface area contributed by atoms with Gasteiger partial charge in [-0.25, -0.2) is 14.2 Å². The van der Waals surface area contributed by atoms with Crippen LogP contribution in [0.2, 0.25) is 0 Å². The summed E-state index contributed by atoms with van der Waals surface area (Å²) in [5.41, 5.74) is 9.65. The normalized spacial score (nSPS) is 16.8. The lowest BCUT2D eigenvalue weighted by Gasteiger charge is -2.15. The third kappa shape index (κ3) is 3.00. The van der Waals surface area contributed by atoms with Gasteiger partial charge in [0, 0.05) is 30.3 Å². The van der Waals surface area contributed by atoms with Gasteiger partial charge in [0.2, 0.25) is 0 Å².